The quantitative estimate of drug-likeness (QED) is 0.514. The van der Waals surface area contributed by atoms with Crippen molar-refractivity contribution in [2.75, 3.05) is 11.4 Å². The lowest BCUT2D eigenvalue weighted by molar-refractivity contribution is 0.652. The van der Waals surface area contributed by atoms with E-state index in [1.165, 1.54) is 0 Å². The zero-order valence-electron chi connectivity index (χ0n) is 15.6. The van der Waals surface area contributed by atoms with Gasteiger partial charge in [-0.2, -0.15) is 0 Å². The second-order valence-corrected chi connectivity index (χ2v) is 7.14. The van der Waals surface area contributed by atoms with Gasteiger partial charge in [-0.05, 0) is 37.1 Å². The number of rotatable bonds is 3. The van der Waals surface area contributed by atoms with Crippen LogP contribution in [0.5, 0.6) is 0 Å². The van der Waals surface area contributed by atoms with Crippen LogP contribution in [0, 0.1) is 0 Å². The molecular formula is C21H18N8. The number of aromatic amines is 1. The molecule has 0 unspecified atom stereocenters. The fraction of sp³-hybridized carbons (Fsp3) is 0.190. The summed E-state index contributed by atoms with van der Waals surface area (Å²) in [5.74, 6) is 1.82. The molecule has 5 heterocycles. The van der Waals surface area contributed by atoms with Gasteiger partial charge in [0.15, 0.2) is 17.1 Å². The van der Waals surface area contributed by atoms with Crippen LogP contribution in [0.1, 0.15) is 24.7 Å². The Morgan fingerprint density at radius 3 is 2.83 bits per heavy atom. The lowest BCUT2D eigenvalue weighted by Crippen LogP contribution is -2.26. The number of pyridine rings is 1. The summed E-state index contributed by atoms with van der Waals surface area (Å²) in [5, 5.41) is 0. The number of H-pyrrole nitrogens is 1. The minimum absolute atomic E-state index is 0.0826. The molecule has 0 amide bonds. The van der Waals surface area contributed by atoms with Crippen LogP contribution in [0.25, 0.3) is 28.0 Å². The lowest BCUT2D eigenvalue weighted by Gasteiger charge is -2.26. The van der Waals surface area contributed by atoms with E-state index in [0.717, 1.165) is 59.0 Å². The van der Waals surface area contributed by atoms with Crippen molar-refractivity contribution in [3.63, 3.8) is 0 Å². The highest BCUT2D eigenvalue weighted by atomic mass is 15.3. The number of nitrogens with zero attached hydrogens (tertiary/aromatic N) is 7. The second-order valence-electron chi connectivity index (χ2n) is 7.14. The van der Waals surface area contributed by atoms with E-state index in [4.69, 9.17) is 4.98 Å². The molecule has 1 N–H and O–H groups in total. The van der Waals surface area contributed by atoms with Gasteiger partial charge >= 0.3 is 0 Å². The minimum atomic E-state index is 0.0826. The molecule has 0 radical (unpaired) electrons. The van der Waals surface area contributed by atoms with Crippen molar-refractivity contribution >= 4 is 28.1 Å². The van der Waals surface area contributed by atoms with Crippen LogP contribution in [0.4, 0.5) is 5.82 Å². The summed E-state index contributed by atoms with van der Waals surface area (Å²) in [5.41, 5.74) is 4.36. The number of para-hydroxylation sites is 1. The van der Waals surface area contributed by atoms with Gasteiger partial charge in [-0.3, -0.25) is 4.57 Å². The van der Waals surface area contributed by atoms with Gasteiger partial charge in [-0.1, -0.05) is 18.2 Å². The summed E-state index contributed by atoms with van der Waals surface area (Å²) in [6.45, 7) is 0.898. The highest BCUT2D eigenvalue weighted by molar-refractivity contribution is 5.83. The van der Waals surface area contributed by atoms with E-state index in [0.29, 0.717) is 0 Å². The van der Waals surface area contributed by atoms with Crippen LogP contribution in [0.15, 0.2) is 61.3 Å². The van der Waals surface area contributed by atoms with Crippen molar-refractivity contribution < 1.29 is 0 Å². The van der Waals surface area contributed by atoms with E-state index in [-0.39, 0.29) is 6.04 Å². The van der Waals surface area contributed by atoms with E-state index in [1.54, 1.807) is 12.7 Å². The molecule has 5 aromatic rings. The predicted molar refractivity (Wildman–Crippen MR) is 110 cm³/mol. The number of anilines is 1. The predicted octanol–water partition coefficient (Wildman–Crippen LogP) is 3.43. The molecule has 1 fully saturated rings. The van der Waals surface area contributed by atoms with Gasteiger partial charge < -0.3 is 9.88 Å². The molecule has 29 heavy (non-hydrogen) atoms. The van der Waals surface area contributed by atoms with Crippen LogP contribution in [-0.2, 0) is 0 Å². The van der Waals surface area contributed by atoms with E-state index in [9.17, 15) is 0 Å². The maximum absolute atomic E-state index is 5.00. The van der Waals surface area contributed by atoms with Gasteiger partial charge in [0.05, 0.1) is 12.4 Å². The smallest absolute Gasteiger partial charge is 0.164 e. The summed E-state index contributed by atoms with van der Waals surface area (Å²) in [6, 6.07) is 14.3. The maximum Gasteiger partial charge on any atom is 0.164 e. The molecule has 6 rings (SSSR count). The van der Waals surface area contributed by atoms with Crippen LogP contribution in [-0.4, -0.2) is 41.0 Å². The molecule has 0 spiro atoms. The Labute approximate surface area is 166 Å². The first-order valence-electron chi connectivity index (χ1n) is 9.69. The maximum atomic E-state index is 5.00. The number of hydrogen-bond acceptors (Lipinski definition) is 6. The molecule has 8 heteroatoms. The van der Waals surface area contributed by atoms with Crippen molar-refractivity contribution in [3.8, 4) is 5.69 Å². The molecule has 1 aromatic carbocycles. The molecule has 1 aliphatic rings. The summed E-state index contributed by atoms with van der Waals surface area (Å²) in [6.07, 6.45) is 7.12. The van der Waals surface area contributed by atoms with Crippen molar-refractivity contribution in [2.45, 2.75) is 18.9 Å². The van der Waals surface area contributed by atoms with Crippen LogP contribution < -0.4 is 4.90 Å². The first-order chi connectivity index (χ1) is 14.4. The largest absolute Gasteiger partial charge is 0.344 e. The first-order valence-corrected chi connectivity index (χ1v) is 9.69. The average Bonchev–Trinajstić information content (AvgIpc) is 3.51. The second kappa shape index (κ2) is 6.37. The molecule has 1 aliphatic heterocycles. The van der Waals surface area contributed by atoms with Crippen LogP contribution >= 0.6 is 0 Å². The van der Waals surface area contributed by atoms with Crippen molar-refractivity contribution in [1.29, 1.82) is 0 Å². The Morgan fingerprint density at radius 2 is 1.90 bits per heavy atom. The van der Waals surface area contributed by atoms with E-state index >= 15 is 0 Å². The Hall–Kier alpha value is -3.81. The number of aromatic nitrogens is 7. The number of imidazole rings is 2. The van der Waals surface area contributed by atoms with Crippen molar-refractivity contribution in [1.82, 2.24) is 34.5 Å². The fourth-order valence-corrected chi connectivity index (χ4v) is 4.24. The molecule has 0 saturated carbocycles. The normalized spacial score (nSPS) is 16.8. The lowest BCUT2D eigenvalue weighted by atomic mass is 10.2. The average molecular weight is 382 g/mol. The zero-order valence-corrected chi connectivity index (χ0v) is 15.6. The first kappa shape index (κ1) is 16.2. The Morgan fingerprint density at radius 1 is 0.966 bits per heavy atom. The summed E-state index contributed by atoms with van der Waals surface area (Å²) in [4.78, 5) is 28.3. The summed E-state index contributed by atoms with van der Waals surface area (Å²) < 4.78 is 2.17. The van der Waals surface area contributed by atoms with Gasteiger partial charge in [0.2, 0.25) is 0 Å². The van der Waals surface area contributed by atoms with Crippen molar-refractivity contribution in [2.24, 2.45) is 0 Å². The van der Waals surface area contributed by atoms with Gasteiger partial charge in [0.1, 0.15) is 23.2 Å². The third kappa shape index (κ3) is 2.49. The molecule has 0 bridgehead atoms. The number of hydrogen-bond donors (Lipinski definition) is 1. The number of nitrogens with one attached hydrogen (secondary N) is 1. The minimum Gasteiger partial charge on any atom is -0.344 e. The Bertz CT molecular complexity index is 1310. The van der Waals surface area contributed by atoms with Gasteiger partial charge in [-0.15, -0.1) is 0 Å². The molecule has 142 valence electrons. The number of fused-ring (bicyclic) bond motifs is 2. The monoisotopic (exact) mass is 382 g/mol. The van der Waals surface area contributed by atoms with E-state index in [2.05, 4.69) is 46.5 Å². The molecule has 0 aliphatic carbocycles. The number of benzene rings is 1. The molecule has 8 nitrogen and oxygen atoms in total. The highest BCUT2D eigenvalue weighted by Gasteiger charge is 2.33. The van der Waals surface area contributed by atoms with Crippen LogP contribution in [0.3, 0.4) is 0 Å². The van der Waals surface area contributed by atoms with E-state index < -0.39 is 0 Å². The molecule has 4 aromatic heterocycles. The third-order valence-electron chi connectivity index (χ3n) is 5.48. The zero-order chi connectivity index (χ0) is 19.2. The van der Waals surface area contributed by atoms with Crippen LogP contribution in [0.2, 0.25) is 0 Å². The molecule has 1 atom stereocenters. The Kier molecular flexibility index (Phi) is 3.55. The summed E-state index contributed by atoms with van der Waals surface area (Å²) >= 11 is 0. The SMILES string of the molecule is c1ccc(-n2c([C@@H]3CCCN3c3ncnc4[nH]cnc34)nc3cccnc32)cc1. The third-order valence-corrected chi connectivity index (χ3v) is 5.48. The Balaban J connectivity index is 1.55. The summed E-state index contributed by atoms with van der Waals surface area (Å²) in [7, 11) is 0. The molecular weight excluding hydrogens is 364 g/mol. The fourth-order valence-electron chi connectivity index (χ4n) is 4.24. The standard InChI is InChI=1S/C21H18N8/c1-2-6-14(7-3-1)29-19-15(8-4-10-22-19)27-20(29)16-9-5-11-28(16)21-17-18(24-12-23-17)25-13-26-21/h1-4,6-8,10,12-13,16H,5,9,11H2,(H,23,24,25,26)/t16-/m0/s1. The van der Waals surface area contributed by atoms with Gasteiger partial charge in [0.25, 0.3) is 0 Å². The topological polar surface area (TPSA) is 88.4 Å². The van der Waals surface area contributed by atoms with Gasteiger partial charge in [0, 0.05) is 18.4 Å². The van der Waals surface area contributed by atoms with Gasteiger partial charge in [-0.25, -0.2) is 24.9 Å². The van der Waals surface area contributed by atoms with E-state index in [1.807, 2.05) is 36.5 Å². The molecule has 1 saturated heterocycles. The van der Waals surface area contributed by atoms with Crippen molar-refractivity contribution in [3.05, 3.63) is 67.1 Å². The highest BCUT2D eigenvalue weighted by Crippen LogP contribution is 2.38.